The second-order valence-electron chi connectivity index (χ2n) is 5.76. The molecule has 0 radical (unpaired) electrons. The highest BCUT2D eigenvalue weighted by Crippen LogP contribution is 2.21. The number of amides is 3. The predicted octanol–water partition coefficient (Wildman–Crippen LogP) is 0.868. The molecule has 1 heterocycles. The molecule has 1 aromatic carbocycles. The molecular weight excluding hydrogens is 308 g/mol. The van der Waals surface area contributed by atoms with Crippen molar-refractivity contribution in [2.75, 3.05) is 36.9 Å². The summed E-state index contributed by atoms with van der Waals surface area (Å²) in [7, 11) is 1.36. The Morgan fingerprint density at radius 2 is 1.58 bits per heavy atom. The van der Waals surface area contributed by atoms with Crippen molar-refractivity contribution in [3.8, 4) is 0 Å². The van der Waals surface area contributed by atoms with Gasteiger partial charge in [-0.1, -0.05) is 12.8 Å². The van der Waals surface area contributed by atoms with Crippen LogP contribution in [0.3, 0.4) is 0 Å². The monoisotopic (exact) mass is 332 g/mol. The molecule has 1 aliphatic rings. The van der Waals surface area contributed by atoms with Crippen LogP contribution in [0.4, 0.5) is 11.4 Å². The van der Waals surface area contributed by atoms with Crippen LogP contribution in [0.5, 0.6) is 0 Å². The number of nitrogens with zero attached hydrogens (tertiary/aromatic N) is 1. The number of hydrogen-bond acceptors (Lipinski definition) is 4. The molecule has 0 spiro atoms. The zero-order chi connectivity index (χ0) is 17.4. The van der Waals surface area contributed by atoms with Gasteiger partial charge < -0.3 is 20.9 Å². The molecule has 0 bridgehead atoms. The number of benzene rings is 1. The first-order chi connectivity index (χ1) is 11.6. The van der Waals surface area contributed by atoms with Crippen LogP contribution in [0.25, 0.3) is 0 Å². The summed E-state index contributed by atoms with van der Waals surface area (Å²) in [4.78, 5) is 36.5. The average molecular weight is 332 g/mol. The van der Waals surface area contributed by atoms with Crippen molar-refractivity contribution in [3.05, 3.63) is 24.3 Å². The second-order valence-corrected chi connectivity index (χ2v) is 5.76. The molecule has 0 aromatic heterocycles. The first-order valence-corrected chi connectivity index (χ1v) is 8.25. The Morgan fingerprint density at radius 1 is 0.958 bits per heavy atom. The summed E-state index contributed by atoms with van der Waals surface area (Å²) in [5.74, 6) is -1.98. The summed E-state index contributed by atoms with van der Waals surface area (Å²) >= 11 is 0. The Bertz CT molecular complexity index is 578. The van der Waals surface area contributed by atoms with Crippen LogP contribution in [0, 0.1) is 0 Å². The van der Waals surface area contributed by atoms with Crippen molar-refractivity contribution in [2.45, 2.75) is 25.7 Å². The lowest BCUT2D eigenvalue weighted by atomic mass is 10.2. The molecule has 7 heteroatoms. The number of carbonyl (C=O) groups is 3. The van der Waals surface area contributed by atoms with Crippen LogP contribution in [0.15, 0.2) is 24.3 Å². The van der Waals surface area contributed by atoms with Crippen LogP contribution >= 0.6 is 0 Å². The molecule has 1 aromatic rings. The third kappa shape index (κ3) is 5.26. The largest absolute Gasteiger partial charge is 0.372 e. The minimum Gasteiger partial charge on any atom is -0.372 e. The Hall–Kier alpha value is -2.57. The summed E-state index contributed by atoms with van der Waals surface area (Å²) in [6.45, 7) is 1.88. The van der Waals surface area contributed by atoms with E-state index in [1.165, 1.54) is 32.7 Å². The summed E-state index contributed by atoms with van der Waals surface area (Å²) in [6, 6.07) is 7.67. The second kappa shape index (κ2) is 8.90. The van der Waals surface area contributed by atoms with Gasteiger partial charge in [0.2, 0.25) is 5.91 Å². The van der Waals surface area contributed by atoms with Gasteiger partial charge in [0, 0.05) is 31.5 Å². The topological polar surface area (TPSA) is 90.5 Å². The fraction of sp³-hybridized carbons (Fsp3) is 0.471. The van der Waals surface area contributed by atoms with Crippen LogP contribution in [-0.4, -0.2) is 44.4 Å². The molecule has 0 aliphatic carbocycles. The summed E-state index contributed by atoms with van der Waals surface area (Å²) in [5.41, 5.74) is 1.82. The maximum Gasteiger partial charge on any atom is 0.309 e. The van der Waals surface area contributed by atoms with Gasteiger partial charge in [-0.25, -0.2) is 0 Å². The molecular formula is C17H24N4O3. The van der Waals surface area contributed by atoms with E-state index in [0.717, 1.165) is 18.8 Å². The highest BCUT2D eigenvalue weighted by molar-refractivity contribution is 6.35. The van der Waals surface area contributed by atoms with Crippen molar-refractivity contribution in [2.24, 2.45) is 0 Å². The Labute approximate surface area is 141 Å². The molecule has 3 amide bonds. The lowest BCUT2D eigenvalue weighted by molar-refractivity contribution is -0.139. The van der Waals surface area contributed by atoms with E-state index in [1.807, 2.05) is 24.3 Å². The van der Waals surface area contributed by atoms with E-state index in [4.69, 9.17) is 0 Å². The molecule has 0 saturated carbocycles. The average Bonchev–Trinajstić information content (AvgIpc) is 2.89. The van der Waals surface area contributed by atoms with Crippen molar-refractivity contribution in [3.63, 3.8) is 0 Å². The molecule has 1 fully saturated rings. The van der Waals surface area contributed by atoms with E-state index < -0.39 is 11.8 Å². The zero-order valence-electron chi connectivity index (χ0n) is 13.9. The lowest BCUT2D eigenvalue weighted by Gasteiger charge is -2.22. The maximum absolute atomic E-state index is 11.8. The Balaban J connectivity index is 1.83. The standard InChI is InChI=1S/C17H24N4O3/c1-18-16(23)17(24)19-12-15(22)20-13-6-8-14(9-7-13)21-10-4-2-3-5-11-21/h6-9H,2-5,10-12H2,1H3,(H,18,23)(H,19,24)(H,20,22). The Morgan fingerprint density at radius 3 is 2.17 bits per heavy atom. The predicted molar refractivity (Wildman–Crippen MR) is 92.8 cm³/mol. The lowest BCUT2D eigenvalue weighted by Crippen LogP contribution is -2.41. The molecule has 1 saturated heterocycles. The molecule has 7 nitrogen and oxygen atoms in total. The molecule has 130 valence electrons. The zero-order valence-corrected chi connectivity index (χ0v) is 13.9. The first-order valence-electron chi connectivity index (χ1n) is 8.25. The van der Waals surface area contributed by atoms with Gasteiger partial charge in [-0.2, -0.15) is 0 Å². The van der Waals surface area contributed by atoms with Gasteiger partial charge in [0.1, 0.15) is 0 Å². The quantitative estimate of drug-likeness (QED) is 0.714. The summed E-state index contributed by atoms with van der Waals surface area (Å²) < 4.78 is 0. The van der Waals surface area contributed by atoms with Gasteiger partial charge in [-0.3, -0.25) is 14.4 Å². The number of anilines is 2. The minimum absolute atomic E-state index is 0.250. The van der Waals surface area contributed by atoms with Gasteiger partial charge >= 0.3 is 11.8 Å². The normalized spacial score (nSPS) is 14.5. The number of rotatable bonds is 4. The highest BCUT2D eigenvalue weighted by Gasteiger charge is 2.13. The van der Waals surface area contributed by atoms with Crippen LogP contribution in [0.2, 0.25) is 0 Å². The summed E-state index contributed by atoms with van der Waals surface area (Å²) in [6.07, 6.45) is 4.99. The van der Waals surface area contributed by atoms with E-state index in [0.29, 0.717) is 5.69 Å². The van der Waals surface area contributed by atoms with E-state index in [-0.39, 0.29) is 12.5 Å². The van der Waals surface area contributed by atoms with Crippen LogP contribution < -0.4 is 20.9 Å². The van der Waals surface area contributed by atoms with E-state index in [2.05, 4.69) is 20.9 Å². The van der Waals surface area contributed by atoms with E-state index in [1.54, 1.807) is 0 Å². The van der Waals surface area contributed by atoms with Gasteiger partial charge in [0.15, 0.2) is 0 Å². The maximum atomic E-state index is 11.8. The van der Waals surface area contributed by atoms with E-state index in [9.17, 15) is 14.4 Å². The van der Waals surface area contributed by atoms with E-state index >= 15 is 0 Å². The third-order valence-electron chi connectivity index (χ3n) is 3.97. The molecule has 2 rings (SSSR count). The van der Waals surface area contributed by atoms with Crippen LogP contribution in [0.1, 0.15) is 25.7 Å². The number of nitrogens with one attached hydrogen (secondary N) is 3. The number of carbonyl (C=O) groups excluding carboxylic acids is 3. The molecule has 24 heavy (non-hydrogen) atoms. The SMILES string of the molecule is CNC(=O)C(=O)NCC(=O)Nc1ccc(N2CCCCCC2)cc1. The van der Waals surface area contributed by atoms with Crippen molar-refractivity contribution >= 4 is 29.1 Å². The molecule has 3 N–H and O–H groups in total. The number of likely N-dealkylation sites (N-methyl/N-ethyl adjacent to an activating group) is 1. The van der Waals surface area contributed by atoms with Gasteiger partial charge in [-0.15, -0.1) is 0 Å². The van der Waals surface area contributed by atoms with Crippen LogP contribution in [-0.2, 0) is 14.4 Å². The van der Waals surface area contributed by atoms with Crippen molar-refractivity contribution in [1.29, 1.82) is 0 Å². The van der Waals surface area contributed by atoms with Gasteiger partial charge in [-0.05, 0) is 37.1 Å². The molecule has 0 atom stereocenters. The fourth-order valence-corrected chi connectivity index (χ4v) is 2.64. The minimum atomic E-state index is -0.829. The van der Waals surface area contributed by atoms with Crippen molar-refractivity contribution in [1.82, 2.24) is 10.6 Å². The van der Waals surface area contributed by atoms with Crippen molar-refractivity contribution < 1.29 is 14.4 Å². The smallest absolute Gasteiger partial charge is 0.309 e. The third-order valence-corrected chi connectivity index (χ3v) is 3.97. The molecule has 0 unspecified atom stereocenters. The highest BCUT2D eigenvalue weighted by atomic mass is 16.2. The molecule has 1 aliphatic heterocycles. The first kappa shape index (κ1) is 17.8. The Kier molecular flexibility index (Phi) is 6.60. The van der Waals surface area contributed by atoms with Gasteiger partial charge in [0.05, 0.1) is 6.54 Å². The number of hydrogen-bond donors (Lipinski definition) is 3. The fourth-order valence-electron chi connectivity index (χ4n) is 2.64. The van der Waals surface area contributed by atoms with Gasteiger partial charge in [0.25, 0.3) is 0 Å². The summed E-state index contributed by atoms with van der Waals surface area (Å²) in [5, 5.41) is 7.14.